The smallest absolute Gasteiger partial charge is 0.224 e. The van der Waals surface area contributed by atoms with Crippen LogP contribution in [0.5, 0.6) is 0 Å². The van der Waals surface area contributed by atoms with Crippen LogP contribution in [0.2, 0.25) is 0 Å². The fourth-order valence-corrected chi connectivity index (χ4v) is 2.75. The first-order valence-corrected chi connectivity index (χ1v) is 8.24. The molecule has 0 spiro atoms. The Morgan fingerprint density at radius 2 is 1.88 bits per heavy atom. The van der Waals surface area contributed by atoms with Crippen molar-refractivity contribution in [2.45, 2.75) is 13.5 Å². The van der Waals surface area contributed by atoms with Gasteiger partial charge < -0.3 is 10.6 Å². The molecular weight excluding hydrogens is 371 g/mol. The molecule has 0 fully saturated rings. The van der Waals surface area contributed by atoms with Crippen molar-refractivity contribution in [2.24, 2.45) is 0 Å². The predicted molar refractivity (Wildman–Crippen MR) is 97.9 cm³/mol. The van der Waals surface area contributed by atoms with Gasteiger partial charge in [-0.3, -0.25) is 0 Å². The molecule has 6 heteroatoms. The lowest BCUT2D eigenvalue weighted by Gasteiger charge is -2.10. The van der Waals surface area contributed by atoms with Gasteiger partial charge in [0.25, 0.3) is 0 Å². The molecule has 0 aliphatic carbocycles. The summed E-state index contributed by atoms with van der Waals surface area (Å²) >= 11 is 3.54. The predicted octanol–water partition coefficient (Wildman–Crippen LogP) is 5.04. The highest BCUT2D eigenvalue weighted by Crippen LogP contribution is 2.26. The zero-order valence-electron chi connectivity index (χ0n) is 13.1. The van der Waals surface area contributed by atoms with E-state index in [4.69, 9.17) is 0 Å². The normalized spacial score (nSPS) is 10.5. The molecular formula is C18H16BrFN4. The molecule has 3 aromatic rings. The van der Waals surface area contributed by atoms with E-state index in [0.717, 1.165) is 15.7 Å². The molecule has 122 valence electrons. The van der Waals surface area contributed by atoms with Gasteiger partial charge in [-0.1, -0.05) is 18.2 Å². The Balaban J connectivity index is 1.68. The molecule has 4 nitrogen and oxygen atoms in total. The molecule has 0 atom stereocenters. The second-order valence-corrected chi connectivity index (χ2v) is 6.21. The van der Waals surface area contributed by atoms with E-state index in [2.05, 4.69) is 36.5 Å². The number of hydrogen-bond donors (Lipinski definition) is 2. The average molecular weight is 387 g/mol. The molecule has 0 aliphatic rings. The highest BCUT2D eigenvalue weighted by atomic mass is 79.9. The zero-order chi connectivity index (χ0) is 16.9. The van der Waals surface area contributed by atoms with Crippen molar-refractivity contribution in [1.82, 2.24) is 9.97 Å². The van der Waals surface area contributed by atoms with Gasteiger partial charge in [-0.05, 0) is 64.3 Å². The maximum atomic E-state index is 12.9. The standard InChI is InChI=1S/C18H16BrFN4/c1-12-2-7-16(15(19)10-12)23-17-8-9-21-18(24-17)22-11-13-3-5-14(20)6-4-13/h2-10H,11H2,1H3,(H2,21,22,23,24). The van der Waals surface area contributed by atoms with Crippen molar-refractivity contribution in [2.75, 3.05) is 10.6 Å². The largest absolute Gasteiger partial charge is 0.350 e. The van der Waals surface area contributed by atoms with E-state index in [1.807, 2.05) is 25.1 Å². The summed E-state index contributed by atoms with van der Waals surface area (Å²) in [5, 5.41) is 6.39. The summed E-state index contributed by atoms with van der Waals surface area (Å²) < 4.78 is 13.9. The molecule has 2 N–H and O–H groups in total. The minimum atomic E-state index is -0.245. The number of rotatable bonds is 5. The van der Waals surface area contributed by atoms with Gasteiger partial charge in [0.05, 0.1) is 5.69 Å². The number of nitrogens with one attached hydrogen (secondary N) is 2. The Morgan fingerprint density at radius 1 is 1.08 bits per heavy atom. The second-order valence-electron chi connectivity index (χ2n) is 5.35. The molecule has 0 amide bonds. The molecule has 3 rings (SSSR count). The fourth-order valence-electron chi connectivity index (χ4n) is 2.16. The Labute approximate surface area is 148 Å². The number of halogens is 2. The molecule has 0 radical (unpaired) electrons. The van der Waals surface area contributed by atoms with Crippen LogP contribution in [0.3, 0.4) is 0 Å². The fraction of sp³-hybridized carbons (Fsp3) is 0.111. The summed E-state index contributed by atoms with van der Waals surface area (Å²) in [6, 6.07) is 14.2. The summed E-state index contributed by atoms with van der Waals surface area (Å²) in [7, 11) is 0. The summed E-state index contributed by atoms with van der Waals surface area (Å²) in [5.74, 6) is 0.952. The van der Waals surface area contributed by atoms with Crippen molar-refractivity contribution in [3.05, 3.63) is 76.1 Å². The highest BCUT2D eigenvalue weighted by Gasteiger charge is 2.04. The van der Waals surface area contributed by atoms with E-state index >= 15 is 0 Å². The van der Waals surface area contributed by atoms with Gasteiger partial charge in [0.15, 0.2) is 0 Å². The first kappa shape index (κ1) is 16.4. The van der Waals surface area contributed by atoms with Gasteiger partial charge >= 0.3 is 0 Å². The first-order valence-electron chi connectivity index (χ1n) is 7.45. The maximum absolute atomic E-state index is 12.9. The van der Waals surface area contributed by atoms with Gasteiger partial charge in [-0.25, -0.2) is 9.37 Å². The monoisotopic (exact) mass is 386 g/mol. The molecule has 24 heavy (non-hydrogen) atoms. The van der Waals surface area contributed by atoms with Crippen LogP contribution in [0.25, 0.3) is 0 Å². The lowest BCUT2D eigenvalue weighted by Crippen LogP contribution is -2.05. The van der Waals surface area contributed by atoms with Crippen LogP contribution < -0.4 is 10.6 Å². The number of aryl methyl sites for hydroxylation is 1. The molecule has 0 aliphatic heterocycles. The van der Waals surface area contributed by atoms with Crippen molar-refractivity contribution in [3.63, 3.8) is 0 Å². The Bertz CT molecular complexity index is 837. The first-order chi connectivity index (χ1) is 11.6. The van der Waals surface area contributed by atoms with Crippen molar-refractivity contribution < 1.29 is 4.39 Å². The number of anilines is 3. The minimum Gasteiger partial charge on any atom is -0.350 e. The van der Waals surface area contributed by atoms with Crippen molar-refractivity contribution in [3.8, 4) is 0 Å². The highest BCUT2D eigenvalue weighted by molar-refractivity contribution is 9.10. The van der Waals surface area contributed by atoms with Gasteiger partial charge in [0.1, 0.15) is 11.6 Å². The Morgan fingerprint density at radius 3 is 2.62 bits per heavy atom. The molecule has 2 aromatic carbocycles. The van der Waals surface area contributed by atoms with Crippen LogP contribution >= 0.6 is 15.9 Å². The van der Waals surface area contributed by atoms with Gasteiger partial charge in [-0.2, -0.15) is 4.98 Å². The quantitative estimate of drug-likeness (QED) is 0.644. The molecule has 0 saturated carbocycles. The summed E-state index contributed by atoms with van der Waals surface area (Å²) in [6.45, 7) is 2.56. The average Bonchev–Trinajstić information content (AvgIpc) is 2.57. The topological polar surface area (TPSA) is 49.8 Å². The number of hydrogen-bond acceptors (Lipinski definition) is 4. The molecule has 0 bridgehead atoms. The minimum absolute atomic E-state index is 0.245. The number of aromatic nitrogens is 2. The molecule has 1 heterocycles. The molecule has 1 aromatic heterocycles. The summed E-state index contributed by atoms with van der Waals surface area (Å²) in [5.41, 5.74) is 3.07. The van der Waals surface area contributed by atoms with E-state index in [0.29, 0.717) is 18.3 Å². The number of benzene rings is 2. The van der Waals surface area contributed by atoms with Gasteiger partial charge in [0, 0.05) is 17.2 Å². The lowest BCUT2D eigenvalue weighted by atomic mass is 10.2. The Hall–Kier alpha value is -2.47. The number of nitrogens with zero attached hydrogens (tertiary/aromatic N) is 2. The van der Waals surface area contributed by atoms with Crippen LogP contribution in [-0.2, 0) is 6.54 Å². The third-order valence-electron chi connectivity index (χ3n) is 3.41. The van der Waals surface area contributed by atoms with Crippen LogP contribution in [0.15, 0.2) is 59.2 Å². The lowest BCUT2D eigenvalue weighted by molar-refractivity contribution is 0.627. The van der Waals surface area contributed by atoms with Crippen LogP contribution in [0.4, 0.5) is 21.8 Å². The van der Waals surface area contributed by atoms with Gasteiger partial charge in [-0.15, -0.1) is 0 Å². The Kier molecular flexibility index (Phi) is 5.05. The van der Waals surface area contributed by atoms with E-state index < -0.39 is 0 Å². The summed E-state index contributed by atoms with van der Waals surface area (Å²) in [6.07, 6.45) is 1.68. The second kappa shape index (κ2) is 7.40. The van der Waals surface area contributed by atoms with E-state index in [9.17, 15) is 4.39 Å². The van der Waals surface area contributed by atoms with Crippen LogP contribution in [0.1, 0.15) is 11.1 Å². The van der Waals surface area contributed by atoms with Crippen LogP contribution in [0, 0.1) is 12.7 Å². The maximum Gasteiger partial charge on any atom is 0.224 e. The van der Waals surface area contributed by atoms with Gasteiger partial charge in [0.2, 0.25) is 5.95 Å². The molecule has 0 saturated heterocycles. The van der Waals surface area contributed by atoms with E-state index in [1.54, 1.807) is 24.4 Å². The third kappa shape index (κ3) is 4.29. The van der Waals surface area contributed by atoms with Crippen molar-refractivity contribution >= 4 is 33.4 Å². The third-order valence-corrected chi connectivity index (χ3v) is 4.06. The summed E-state index contributed by atoms with van der Waals surface area (Å²) in [4.78, 5) is 8.64. The SMILES string of the molecule is Cc1ccc(Nc2ccnc(NCc3ccc(F)cc3)n2)c(Br)c1. The zero-order valence-corrected chi connectivity index (χ0v) is 14.6. The van der Waals surface area contributed by atoms with Crippen LogP contribution in [-0.4, -0.2) is 9.97 Å². The van der Waals surface area contributed by atoms with E-state index in [1.165, 1.54) is 17.7 Å². The van der Waals surface area contributed by atoms with Crippen molar-refractivity contribution in [1.29, 1.82) is 0 Å². The molecule has 0 unspecified atom stereocenters. The van der Waals surface area contributed by atoms with E-state index in [-0.39, 0.29) is 5.82 Å².